The van der Waals surface area contributed by atoms with E-state index in [-0.39, 0.29) is 5.91 Å². The molecule has 0 unspecified atom stereocenters. The highest BCUT2D eigenvalue weighted by atomic mass is 16.5. The fourth-order valence-corrected chi connectivity index (χ4v) is 3.47. The minimum Gasteiger partial charge on any atom is -0.494 e. The molecule has 0 saturated heterocycles. The largest absolute Gasteiger partial charge is 0.494 e. The molecular formula is C26H25N3O2. The predicted octanol–water partition coefficient (Wildman–Crippen LogP) is 5.66. The van der Waals surface area contributed by atoms with Gasteiger partial charge in [0.05, 0.1) is 23.6 Å². The quantitative estimate of drug-likeness (QED) is 0.492. The molecule has 5 nitrogen and oxygen atoms in total. The molecule has 156 valence electrons. The van der Waals surface area contributed by atoms with Gasteiger partial charge in [0.1, 0.15) is 5.75 Å². The Kier molecular flexibility index (Phi) is 5.85. The maximum atomic E-state index is 12.9. The maximum absolute atomic E-state index is 12.9. The Labute approximate surface area is 182 Å². The molecule has 0 aliphatic carbocycles. The number of anilines is 3. The number of rotatable bonds is 6. The van der Waals surface area contributed by atoms with Gasteiger partial charge in [0.2, 0.25) is 0 Å². The highest BCUT2D eigenvalue weighted by molar-refractivity contribution is 6.32. The number of hydrazone groups is 1. The first-order valence-electron chi connectivity index (χ1n) is 10.3. The minimum absolute atomic E-state index is 0.112. The van der Waals surface area contributed by atoms with Gasteiger partial charge in [0, 0.05) is 18.4 Å². The average Bonchev–Trinajstić information content (AvgIpc) is 3.09. The van der Waals surface area contributed by atoms with Crippen molar-refractivity contribution >= 4 is 34.8 Å². The van der Waals surface area contributed by atoms with Crippen LogP contribution in [0, 0.1) is 0 Å². The first kappa shape index (κ1) is 20.4. The molecule has 0 N–H and O–H groups in total. The number of benzene rings is 3. The average molecular weight is 412 g/mol. The van der Waals surface area contributed by atoms with Crippen LogP contribution in [0.2, 0.25) is 0 Å². The lowest BCUT2D eigenvalue weighted by atomic mass is 10.1. The molecule has 3 aromatic carbocycles. The topological polar surface area (TPSA) is 45.1 Å². The molecule has 31 heavy (non-hydrogen) atoms. The number of amides is 1. The number of carbonyl (C=O) groups is 1. The Morgan fingerprint density at radius 2 is 1.55 bits per heavy atom. The third-order valence-corrected chi connectivity index (χ3v) is 5.19. The van der Waals surface area contributed by atoms with Crippen LogP contribution >= 0.6 is 0 Å². The van der Waals surface area contributed by atoms with E-state index in [2.05, 4.69) is 10.0 Å². The Hall–Kier alpha value is -3.86. The summed E-state index contributed by atoms with van der Waals surface area (Å²) in [5.74, 6) is 0.753. The lowest BCUT2D eigenvalue weighted by molar-refractivity contribution is -0.114. The molecule has 0 atom stereocenters. The standard InChI is InChI=1S/C26H25N3O2/c1-4-31-24-16-14-22(15-17-24)28(3)21-12-10-20(11-13-21)18-25-19(2)27-29(26(25)30)23-8-6-5-7-9-23/h5-18H,4H2,1-3H3/b25-18-. The second kappa shape index (κ2) is 8.88. The van der Waals surface area contributed by atoms with Crippen molar-refractivity contribution in [1.29, 1.82) is 0 Å². The van der Waals surface area contributed by atoms with Crippen molar-refractivity contribution in [1.82, 2.24) is 0 Å². The molecule has 1 amide bonds. The number of para-hydroxylation sites is 1. The minimum atomic E-state index is -0.112. The van der Waals surface area contributed by atoms with Crippen molar-refractivity contribution in [2.75, 3.05) is 23.6 Å². The summed E-state index contributed by atoms with van der Waals surface area (Å²) in [5.41, 5.74) is 5.17. The molecule has 1 aliphatic heterocycles. The van der Waals surface area contributed by atoms with Crippen molar-refractivity contribution < 1.29 is 9.53 Å². The molecule has 5 heteroatoms. The first-order chi connectivity index (χ1) is 15.1. The number of ether oxygens (including phenoxy) is 1. The third-order valence-electron chi connectivity index (χ3n) is 5.19. The summed E-state index contributed by atoms with van der Waals surface area (Å²) in [7, 11) is 2.03. The number of carbonyl (C=O) groups excluding carboxylic acids is 1. The Balaban J connectivity index is 1.51. The van der Waals surface area contributed by atoms with Gasteiger partial charge in [0.25, 0.3) is 5.91 Å². The van der Waals surface area contributed by atoms with Gasteiger partial charge in [-0.05, 0) is 74.0 Å². The van der Waals surface area contributed by atoms with Crippen LogP contribution in [-0.4, -0.2) is 25.3 Å². The van der Waals surface area contributed by atoms with E-state index in [4.69, 9.17) is 4.74 Å². The summed E-state index contributed by atoms with van der Waals surface area (Å²) < 4.78 is 5.51. The summed E-state index contributed by atoms with van der Waals surface area (Å²) in [6, 6.07) is 25.6. The Bertz CT molecular complexity index is 1120. The molecule has 0 spiro atoms. The van der Waals surface area contributed by atoms with Crippen molar-refractivity contribution in [3.63, 3.8) is 0 Å². The van der Waals surface area contributed by atoms with Crippen LogP contribution in [-0.2, 0) is 4.79 Å². The number of hydrogen-bond donors (Lipinski definition) is 0. The molecule has 4 rings (SSSR count). The van der Waals surface area contributed by atoms with Crippen LogP contribution in [0.5, 0.6) is 5.75 Å². The van der Waals surface area contributed by atoms with E-state index in [9.17, 15) is 4.79 Å². The summed E-state index contributed by atoms with van der Waals surface area (Å²) in [6.07, 6.45) is 1.89. The second-order valence-electron chi connectivity index (χ2n) is 7.27. The molecule has 1 aliphatic rings. The van der Waals surface area contributed by atoms with E-state index in [1.807, 2.05) is 106 Å². The van der Waals surface area contributed by atoms with Gasteiger partial charge in [0.15, 0.2) is 0 Å². The van der Waals surface area contributed by atoms with E-state index in [1.54, 1.807) is 0 Å². The van der Waals surface area contributed by atoms with Crippen LogP contribution in [0.3, 0.4) is 0 Å². The SMILES string of the molecule is CCOc1ccc(N(C)c2ccc(/C=C3\C(=O)N(c4ccccc4)N=C3C)cc2)cc1. The second-order valence-corrected chi connectivity index (χ2v) is 7.27. The van der Waals surface area contributed by atoms with Crippen molar-refractivity contribution in [2.24, 2.45) is 5.10 Å². The predicted molar refractivity (Wildman–Crippen MR) is 127 cm³/mol. The normalized spacial score (nSPS) is 14.7. The van der Waals surface area contributed by atoms with Crippen molar-refractivity contribution in [2.45, 2.75) is 13.8 Å². The van der Waals surface area contributed by atoms with Crippen LogP contribution in [0.4, 0.5) is 17.1 Å². The fourth-order valence-electron chi connectivity index (χ4n) is 3.47. The van der Waals surface area contributed by atoms with Gasteiger partial charge in [-0.2, -0.15) is 10.1 Å². The van der Waals surface area contributed by atoms with Gasteiger partial charge in [-0.15, -0.1) is 0 Å². The monoisotopic (exact) mass is 411 g/mol. The zero-order valence-corrected chi connectivity index (χ0v) is 17.9. The van der Waals surface area contributed by atoms with E-state index < -0.39 is 0 Å². The van der Waals surface area contributed by atoms with Gasteiger partial charge >= 0.3 is 0 Å². The van der Waals surface area contributed by atoms with Crippen molar-refractivity contribution in [3.05, 3.63) is 90.0 Å². The molecule has 0 fully saturated rings. The number of nitrogens with zero attached hydrogens (tertiary/aromatic N) is 3. The van der Waals surface area contributed by atoms with E-state index >= 15 is 0 Å². The van der Waals surface area contributed by atoms with Crippen LogP contribution in [0.25, 0.3) is 6.08 Å². The van der Waals surface area contributed by atoms with Gasteiger partial charge < -0.3 is 9.64 Å². The van der Waals surface area contributed by atoms with Gasteiger partial charge in [-0.25, -0.2) is 0 Å². The summed E-state index contributed by atoms with van der Waals surface area (Å²) in [5, 5.41) is 5.89. The smallest absolute Gasteiger partial charge is 0.280 e. The van der Waals surface area contributed by atoms with E-state index in [1.165, 1.54) is 5.01 Å². The molecule has 0 bridgehead atoms. The summed E-state index contributed by atoms with van der Waals surface area (Å²) >= 11 is 0. The summed E-state index contributed by atoms with van der Waals surface area (Å²) in [4.78, 5) is 15.0. The van der Waals surface area contributed by atoms with E-state index in [0.717, 1.165) is 28.4 Å². The van der Waals surface area contributed by atoms with Crippen LogP contribution in [0.15, 0.2) is 89.5 Å². The highest BCUT2D eigenvalue weighted by Crippen LogP contribution is 2.28. The first-order valence-corrected chi connectivity index (χ1v) is 10.3. The van der Waals surface area contributed by atoms with Gasteiger partial charge in [-0.3, -0.25) is 4.79 Å². The van der Waals surface area contributed by atoms with Crippen LogP contribution < -0.4 is 14.6 Å². The summed E-state index contributed by atoms with van der Waals surface area (Å²) in [6.45, 7) is 4.49. The third kappa shape index (κ3) is 4.36. The molecule has 0 aromatic heterocycles. The van der Waals surface area contributed by atoms with Crippen LogP contribution in [0.1, 0.15) is 19.4 Å². The fraction of sp³-hybridized carbons (Fsp3) is 0.154. The van der Waals surface area contributed by atoms with Gasteiger partial charge in [-0.1, -0.05) is 30.3 Å². The number of hydrogen-bond acceptors (Lipinski definition) is 4. The molecule has 0 radical (unpaired) electrons. The lowest BCUT2D eigenvalue weighted by Gasteiger charge is -2.20. The molecular weight excluding hydrogens is 386 g/mol. The lowest BCUT2D eigenvalue weighted by Crippen LogP contribution is -2.21. The molecule has 1 heterocycles. The molecule has 0 saturated carbocycles. The van der Waals surface area contributed by atoms with Crippen molar-refractivity contribution in [3.8, 4) is 5.75 Å². The Morgan fingerprint density at radius 3 is 2.16 bits per heavy atom. The zero-order valence-electron chi connectivity index (χ0n) is 17.9. The zero-order chi connectivity index (χ0) is 21.8. The molecule has 3 aromatic rings. The Morgan fingerprint density at radius 1 is 0.935 bits per heavy atom. The highest BCUT2D eigenvalue weighted by Gasteiger charge is 2.28. The van der Waals surface area contributed by atoms with E-state index in [0.29, 0.717) is 17.9 Å². The maximum Gasteiger partial charge on any atom is 0.280 e.